The van der Waals surface area contributed by atoms with Crippen molar-refractivity contribution in [1.82, 2.24) is 9.88 Å². The number of amides is 1. The number of aromatic nitrogens is 1. The Balaban J connectivity index is 1.67. The number of hydrogen-bond donors (Lipinski definition) is 1. The minimum atomic E-state index is -3.10. The Morgan fingerprint density at radius 1 is 1.19 bits per heavy atom. The lowest BCUT2D eigenvalue weighted by Crippen LogP contribution is -2.50. The molecule has 0 aromatic carbocycles. The van der Waals surface area contributed by atoms with E-state index in [1.54, 1.807) is 17.2 Å². The van der Waals surface area contributed by atoms with Crippen LogP contribution in [0.5, 0.6) is 0 Å². The van der Waals surface area contributed by atoms with E-state index in [-0.39, 0.29) is 41.8 Å². The van der Waals surface area contributed by atoms with Gasteiger partial charge in [0.05, 0.1) is 11.5 Å². The number of aromatic amines is 1. The zero-order valence-electron chi connectivity index (χ0n) is 14.4. The number of H-pyrrole nitrogens is 1. The third kappa shape index (κ3) is 4.68. The molecule has 1 amide bonds. The molecular weight excluding hydrogens is 424 g/mol. The molecule has 1 saturated carbocycles. The largest absolute Gasteiger partial charge is 0.451 e. The van der Waals surface area contributed by atoms with Crippen molar-refractivity contribution < 1.29 is 22.7 Å². The highest BCUT2D eigenvalue weighted by molar-refractivity contribution is 9.10. The first-order valence-corrected chi connectivity index (χ1v) is 11.5. The van der Waals surface area contributed by atoms with Crippen LogP contribution in [0.15, 0.2) is 16.7 Å². The van der Waals surface area contributed by atoms with Crippen molar-refractivity contribution >= 4 is 37.6 Å². The van der Waals surface area contributed by atoms with Crippen LogP contribution in [0.3, 0.4) is 0 Å². The lowest BCUT2D eigenvalue weighted by atomic mass is 9.93. The number of nitrogens with zero attached hydrogens (tertiary/aromatic N) is 1. The van der Waals surface area contributed by atoms with Gasteiger partial charge in [-0.15, -0.1) is 0 Å². The average Bonchev–Trinajstić information content (AvgIpc) is 3.19. The molecular formula is C17H23BrN2O5S. The molecule has 9 heteroatoms. The number of halogens is 1. The van der Waals surface area contributed by atoms with Crippen molar-refractivity contribution in [2.24, 2.45) is 0 Å². The molecule has 1 unspecified atom stereocenters. The van der Waals surface area contributed by atoms with Gasteiger partial charge in [0.2, 0.25) is 0 Å². The smallest absolute Gasteiger partial charge is 0.355 e. The second-order valence-corrected chi connectivity index (χ2v) is 10.1. The fourth-order valence-corrected chi connectivity index (χ4v) is 5.88. The van der Waals surface area contributed by atoms with E-state index in [0.29, 0.717) is 6.42 Å². The summed E-state index contributed by atoms with van der Waals surface area (Å²) in [6.45, 7) is -0.373. The molecule has 3 rings (SSSR count). The van der Waals surface area contributed by atoms with Gasteiger partial charge in [-0.25, -0.2) is 13.2 Å². The van der Waals surface area contributed by atoms with Crippen molar-refractivity contribution in [3.05, 3.63) is 22.4 Å². The minimum Gasteiger partial charge on any atom is -0.451 e. The Labute approximate surface area is 161 Å². The van der Waals surface area contributed by atoms with Crippen LogP contribution in [0.2, 0.25) is 0 Å². The maximum atomic E-state index is 12.8. The van der Waals surface area contributed by atoms with E-state index in [9.17, 15) is 18.0 Å². The lowest BCUT2D eigenvalue weighted by molar-refractivity contribution is -0.140. The molecule has 1 saturated heterocycles. The summed E-state index contributed by atoms with van der Waals surface area (Å²) < 4.78 is 29.6. The Morgan fingerprint density at radius 2 is 1.92 bits per heavy atom. The number of sulfone groups is 1. The maximum Gasteiger partial charge on any atom is 0.355 e. The van der Waals surface area contributed by atoms with Crippen molar-refractivity contribution in [1.29, 1.82) is 0 Å². The summed E-state index contributed by atoms with van der Waals surface area (Å²) in [5.41, 5.74) is 0.261. The summed E-state index contributed by atoms with van der Waals surface area (Å²) in [4.78, 5) is 29.3. The number of carbonyl (C=O) groups is 2. The molecule has 2 aliphatic rings. The molecule has 1 aliphatic carbocycles. The molecule has 0 radical (unpaired) electrons. The highest BCUT2D eigenvalue weighted by Crippen LogP contribution is 2.28. The van der Waals surface area contributed by atoms with Crippen LogP contribution in [0, 0.1) is 0 Å². The van der Waals surface area contributed by atoms with Crippen LogP contribution in [-0.4, -0.2) is 60.4 Å². The molecule has 1 atom stereocenters. The van der Waals surface area contributed by atoms with E-state index in [2.05, 4.69) is 20.9 Å². The topological polar surface area (TPSA) is 96.5 Å². The molecule has 2 fully saturated rings. The summed E-state index contributed by atoms with van der Waals surface area (Å²) in [6, 6.07) is 1.30. The molecule has 1 aromatic heterocycles. The number of rotatable bonds is 5. The quantitative estimate of drug-likeness (QED) is 0.699. The monoisotopic (exact) mass is 446 g/mol. The number of carbonyl (C=O) groups excluding carboxylic acids is 2. The Bertz CT molecular complexity index is 770. The SMILES string of the molecule is O=C(OCC(=O)N(C1CCCCC1)C1CCS(=O)(=O)C1)c1cc(Br)c[nH]1. The van der Waals surface area contributed by atoms with Gasteiger partial charge < -0.3 is 14.6 Å². The molecule has 2 heterocycles. The minimum absolute atomic E-state index is 0.00671. The Kier molecular flexibility index (Phi) is 6.06. The molecule has 1 aromatic rings. The molecule has 0 bridgehead atoms. The molecule has 0 spiro atoms. The highest BCUT2D eigenvalue weighted by Gasteiger charge is 2.38. The summed E-state index contributed by atoms with van der Waals surface area (Å²) in [6.07, 6.45) is 7.02. The van der Waals surface area contributed by atoms with E-state index in [1.165, 1.54) is 0 Å². The van der Waals surface area contributed by atoms with Crippen LogP contribution >= 0.6 is 15.9 Å². The zero-order chi connectivity index (χ0) is 18.7. The van der Waals surface area contributed by atoms with Gasteiger partial charge in [0.1, 0.15) is 5.69 Å². The van der Waals surface area contributed by atoms with Crippen LogP contribution in [0.1, 0.15) is 49.0 Å². The Morgan fingerprint density at radius 3 is 2.50 bits per heavy atom. The first-order valence-electron chi connectivity index (χ1n) is 8.88. The van der Waals surface area contributed by atoms with Crippen LogP contribution in [-0.2, 0) is 19.4 Å². The average molecular weight is 447 g/mol. The second-order valence-electron chi connectivity index (χ2n) is 6.96. The maximum absolute atomic E-state index is 12.8. The van der Waals surface area contributed by atoms with Crippen molar-refractivity contribution in [3.63, 3.8) is 0 Å². The van der Waals surface area contributed by atoms with Crippen molar-refractivity contribution in [2.75, 3.05) is 18.1 Å². The van der Waals surface area contributed by atoms with E-state index < -0.39 is 15.8 Å². The fourth-order valence-electron chi connectivity index (χ4n) is 3.82. The predicted molar refractivity (Wildman–Crippen MR) is 99.6 cm³/mol. The van der Waals surface area contributed by atoms with Gasteiger partial charge in [-0.2, -0.15) is 0 Å². The van der Waals surface area contributed by atoms with Gasteiger partial charge in [0.15, 0.2) is 16.4 Å². The van der Waals surface area contributed by atoms with E-state index in [0.717, 1.165) is 36.6 Å². The van der Waals surface area contributed by atoms with Gasteiger partial charge in [0.25, 0.3) is 5.91 Å². The van der Waals surface area contributed by atoms with Gasteiger partial charge in [0, 0.05) is 22.8 Å². The molecule has 144 valence electrons. The first-order chi connectivity index (χ1) is 12.4. The highest BCUT2D eigenvalue weighted by atomic mass is 79.9. The van der Waals surface area contributed by atoms with Crippen LogP contribution < -0.4 is 0 Å². The Hall–Kier alpha value is -1.35. The normalized spacial score (nSPS) is 22.9. The summed E-state index contributed by atoms with van der Waals surface area (Å²) in [5.74, 6) is -0.790. The number of ether oxygens (including phenoxy) is 1. The second kappa shape index (κ2) is 8.12. The van der Waals surface area contributed by atoms with Crippen molar-refractivity contribution in [2.45, 2.75) is 50.6 Å². The van der Waals surface area contributed by atoms with E-state index in [4.69, 9.17) is 4.74 Å². The van der Waals surface area contributed by atoms with Gasteiger partial charge >= 0.3 is 5.97 Å². The molecule has 1 N–H and O–H groups in total. The first kappa shape index (κ1) is 19.4. The van der Waals surface area contributed by atoms with E-state index >= 15 is 0 Å². The number of hydrogen-bond acceptors (Lipinski definition) is 5. The van der Waals surface area contributed by atoms with Crippen LogP contribution in [0.25, 0.3) is 0 Å². The summed E-state index contributed by atoms with van der Waals surface area (Å²) in [5, 5.41) is 0. The summed E-state index contributed by atoms with van der Waals surface area (Å²) in [7, 11) is -3.10. The van der Waals surface area contributed by atoms with Gasteiger partial charge in [-0.1, -0.05) is 19.3 Å². The fraction of sp³-hybridized carbons (Fsp3) is 0.647. The molecule has 7 nitrogen and oxygen atoms in total. The molecule has 1 aliphatic heterocycles. The third-order valence-electron chi connectivity index (χ3n) is 5.05. The summed E-state index contributed by atoms with van der Waals surface area (Å²) >= 11 is 3.24. The van der Waals surface area contributed by atoms with Crippen LogP contribution in [0.4, 0.5) is 0 Å². The zero-order valence-corrected chi connectivity index (χ0v) is 16.9. The van der Waals surface area contributed by atoms with Gasteiger partial charge in [-0.3, -0.25) is 4.79 Å². The van der Waals surface area contributed by atoms with Gasteiger partial charge in [-0.05, 0) is 41.3 Å². The third-order valence-corrected chi connectivity index (χ3v) is 7.26. The predicted octanol–water partition coefficient (Wildman–Crippen LogP) is 2.28. The number of esters is 1. The van der Waals surface area contributed by atoms with Crippen molar-refractivity contribution in [3.8, 4) is 0 Å². The molecule has 26 heavy (non-hydrogen) atoms. The van der Waals surface area contributed by atoms with E-state index in [1.807, 2.05) is 0 Å². The number of nitrogens with one attached hydrogen (secondary N) is 1. The standard InChI is InChI=1S/C17H23BrN2O5S/c18-12-8-15(19-9-12)17(22)25-10-16(21)20(13-4-2-1-3-5-13)14-6-7-26(23,24)11-14/h8-9,13-14,19H,1-7,10-11H2. The lowest BCUT2D eigenvalue weighted by Gasteiger charge is -2.38.